The van der Waals surface area contributed by atoms with Crippen LogP contribution in [0.15, 0.2) is 23.4 Å². The third-order valence-electron chi connectivity index (χ3n) is 1.52. The van der Waals surface area contributed by atoms with Gasteiger partial charge in [-0.3, -0.25) is 0 Å². The number of rotatable bonds is 2. The molecule has 0 aliphatic carbocycles. The molecule has 13 heavy (non-hydrogen) atoms. The van der Waals surface area contributed by atoms with Gasteiger partial charge in [0.05, 0.1) is 0 Å². The van der Waals surface area contributed by atoms with Gasteiger partial charge in [0.15, 0.2) is 0 Å². The molecular weight excluding hydrogens is 286 g/mol. The molecule has 1 aromatic rings. The first kappa shape index (κ1) is 10.2. The second kappa shape index (κ2) is 4.40. The number of nitrogens with two attached hydrogens (primary N) is 1. The first-order valence-electron chi connectivity index (χ1n) is 3.54. The first-order valence-corrected chi connectivity index (χ1v) is 4.61. The average Bonchev–Trinajstić information content (AvgIpc) is 2.09. The average molecular weight is 294 g/mol. The summed E-state index contributed by atoms with van der Waals surface area (Å²) < 4.78 is 14.0. The molecule has 0 aromatic heterocycles. The molecule has 3 N–H and O–H groups in total. The van der Waals surface area contributed by atoms with Crippen LogP contribution in [-0.2, 0) is 6.42 Å². The van der Waals surface area contributed by atoms with Crippen LogP contribution in [0.5, 0.6) is 0 Å². The van der Waals surface area contributed by atoms with E-state index in [4.69, 9.17) is 10.9 Å². The fourth-order valence-corrected chi connectivity index (χ4v) is 1.35. The normalized spacial score (nSPS) is 11.7. The molecule has 0 aliphatic rings. The minimum atomic E-state index is -0.335. The van der Waals surface area contributed by atoms with Gasteiger partial charge in [-0.1, -0.05) is 11.2 Å². The standard InChI is InChI=1S/C8H8FIN2O/c9-7-4-6(10)2-1-5(7)3-8(11)12-13/h1-2,4,13H,3H2,(H2,11,12). The van der Waals surface area contributed by atoms with Crippen LogP contribution in [0.2, 0.25) is 0 Å². The molecule has 0 fully saturated rings. The van der Waals surface area contributed by atoms with Crippen LogP contribution in [0, 0.1) is 9.39 Å². The molecule has 0 radical (unpaired) electrons. The van der Waals surface area contributed by atoms with Crippen molar-refractivity contribution in [3.63, 3.8) is 0 Å². The lowest BCUT2D eigenvalue weighted by molar-refractivity contribution is 0.317. The highest BCUT2D eigenvalue weighted by Gasteiger charge is 2.04. The van der Waals surface area contributed by atoms with Crippen molar-refractivity contribution in [1.82, 2.24) is 0 Å². The minimum Gasteiger partial charge on any atom is -0.409 e. The van der Waals surface area contributed by atoms with E-state index in [1.807, 2.05) is 22.6 Å². The highest BCUT2D eigenvalue weighted by molar-refractivity contribution is 14.1. The summed E-state index contributed by atoms with van der Waals surface area (Å²) in [7, 11) is 0. The van der Waals surface area contributed by atoms with E-state index in [9.17, 15) is 4.39 Å². The van der Waals surface area contributed by atoms with E-state index in [1.54, 1.807) is 12.1 Å². The van der Waals surface area contributed by atoms with Crippen LogP contribution in [0.4, 0.5) is 4.39 Å². The predicted octanol–water partition coefficient (Wildman–Crippen LogP) is 1.72. The zero-order chi connectivity index (χ0) is 9.84. The maximum absolute atomic E-state index is 13.2. The quantitative estimate of drug-likeness (QED) is 0.287. The largest absolute Gasteiger partial charge is 0.409 e. The van der Waals surface area contributed by atoms with Crippen LogP contribution in [-0.4, -0.2) is 11.0 Å². The summed E-state index contributed by atoms with van der Waals surface area (Å²) in [5, 5.41) is 11.1. The minimum absolute atomic E-state index is 0.000100. The number of amidine groups is 1. The smallest absolute Gasteiger partial charge is 0.143 e. The van der Waals surface area contributed by atoms with E-state index in [-0.39, 0.29) is 18.1 Å². The number of hydrogen-bond acceptors (Lipinski definition) is 2. The maximum atomic E-state index is 13.2. The van der Waals surface area contributed by atoms with Crippen molar-refractivity contribution in [1.29, 1.82) is 0 Å². The van der Waals surface area contributed by atoms with Crippen molar-refractivity contribution in [2.45, 2.75) is 6.42 Å². The van der Waals surface area contributed by atoms with Gasteiger partial charge in [0, 0.05) is 9.99 Å². The molecular formula is C8H8FIN2O. The lowest BCUT2D eigenvalue weighted by atomic mass is 10.1. The van der Waals surface area contributed by atoms with Crippen LogP contribution < -0.4 is 5.73 Å². The summed E-state index contributed by atoms with van der Waals surface area (Å²) in [6.45, 7) is 0. The molecule has 0 amide bonds. The summed E-state index contributed by atoms with van der Waals surface area (Å²) in [6.07, 6.45) is 0.124. The monoisotopic (exact) mass is 294 g/mol. The summed E-state index contributed by atoms with van der Waals surface area (Å²) in [5.74, 6) is -0.335. The van der Waals surface area contributed by atoms with Gasteiger partial charge in [-0.15, -0.1) is 0 Å². The fourth-order valence-electron chi connectivity index (χ4n) is 0.896. The molecule has 0 aliphatic heterocycles. The molecule has 1 rings (SSSR count). The van der Waals surface area contributed by atoms with Crippen LogP contribution in [0.25, 0.3) is 0 Å². The van der Waals surface area contributed by atoms with E-state index in [1.165, 1.54) is 6.07 Å². The summed E-state index contributed by atoms with van der Waals surface area (Å²) in [4.78, 5) is 0. The molecule has 0 saturated heterocycles. The molecule has 1 aromatic carbocycles. The lowest BCUT2D eigenvalue weighted by Crippen LogP contribution is -2.15. The van der Waals surface area contributed by atoms with Gasteiger partial charge in [0.25, 0.3) is 0 Å². The van der Waals surface area contributed by atoms with Crippen LogP contribution in [0.3, 0.4) is 0 Å². The third-order valence-corrected chi connectivity index (χ3v) is 2.19. The Morgan fingerprint density at radius 2 is 2.31 bits per heavy atom. The van der Waals surface area contributed by atoms with Crippen molar-refractivity contribution in [3.05, 3.63) is 33.1 Å². The van der Waals surface area contributed by atoms with Crippen molar-refractivity contribution in [3.8, 4) is 0 Å². The van der Waals surface area contributed by atoms with Gasteiger partial charge in [-0.25, -0.2) is 4.39 Å². The molecule has 3 nitrogen and oxygen atoms in total. The highest BCUT2D eigenvalue weighted by atomic mass is 127. The summed E-state index contributed by atoms with van der Waals surface area (Å²) in [6, 6.07) is 4.79. The van der Waals surface area contributed by atoms with Gasteiger partial charge in [0.1, 0.15) is 11.7 Å². The topological polar surface area (TPSA) is 58.6 Å². The SMILES string of the molecule is N/C(Cc1ccc(I)cc1F)=N\O. The molecule has 70 valence electrons. The van der Waals surface area contributed by atoms with Crippen LogP contribution in [0.1, 0.15) is 5.56 Å². The molecule has 0 spiro atoms. The van der Waals surface area contributed by atoms with Gasteiger partial charge < -0.3 is 10.9 Å². The van der Waals surface area contributed by atoms with E-state index in [0.717, 1.165) is 3.57 Å². The highest BCUT2D eigenvalue weighted by Crippen LogP contribution is 2.12. The lowest BCUT2D eigenvalue weighted by Gasteiger charge is -2.01. The second-order valence-electron chi connectivity index (χ2n) is 2.50. The number of hydrogen-bond donors (Lipinski definition) is 2. The Morgan fingerprint density at radius 3 is 2.85 bits per heavy atom. The number of oxime groups is 1. The van der Waals surface area contributed by atoms with Gasteiger partial charge in [0.2, 0.25) is 0 Å². The molecule has 0 unspecified atom stereocenters. The number of benzene rings is 1. The molecule has 0 saturated carbocycles. The van der Waals surface area contributed by atoms with Crippen molar-refractivity contribution in [2.24, 2.45) is 10.9 Å². The fraction of sp³-hybridized carbons (Fsp3) is 0.125. The van der Waals surface area contributed by atoms with Crippen LogP contribution >= 0.6 is 22.6 Å². The zero-order valence-corrected chi connectivity index (χ0v) is 8.82. The molecule has 5 heteroatoms. The zero-order valence-electron chi connectivity index (χ0n) is 6.67. The molecule has 0 atom stereocenters. The number of nitrogens with zero attached hydrogens (tertiary/aromatic N) is 1. The Bertz CT molecular complexity index is 341. The number of halogens is 2. The van der Waals surface area contributed by atoms with Crippen molar-refractivity contribution < 1.29 is 9.60 Å². The van der Waals surface area contributed by atoms with Crippen molar-refractivity contribution >= 4 is 28.4 Å². The summed E-state index contributed by atoms with van der Waals surface area (Å²) >= 11 is 2.01. The third kappa shape index (κ3) is 2.83. The van der Waals surface area contributed by atoms with E-state index < -0.39 is 0 Å². The Hall–Kier alpha value is -0.850. The van der Waals surface area contributed by atoms with Crippen molar-refractivity contribution in [2.75, 3.05) is 0 Å². The Kier molecular flexibility index (Phi) is 3.47. The molecule has 0 heterocycles. The van der Waals surface area contributed by atoms with Gasteiger partial charge in [-0.2, -0.15) is 0 Å². The predicted molar refractivity (Wildman–Crippen MR) is 56.2 cm³/mol. The molecule has 0 bridgehead atoms. The Balaban J connectivity index is 2.90. The second-order valence-corrected chi connectivity index (χ2v) is 3.75. The Labute approximate surface area is 88.6 Å². The van der Waals surface area contributed by atoms with Gasteiger partial charge >= 0.3 is 0 Å². The van der Waals surface area contributed by atoms with E-state index >= 15 is 0 Å². The van der Waals surface area contributed by atoms with E-state index in [2.05, 4.69) is 5.16 Å². The summed E-state index contributed by atoms with van der Waals surface area (Å²) in [5.41, 5.74) is 5.67. The first-order chi connectivity index (χ1) is 6.13. The Morgan fingerprint density at radius 1 is 1.62 bits per heavy atom. The van der Waals surface area contributed by atoms with E-state index in [0.29, 0.717) is 5.56 Å². The maximum Gasteiger partial charge on any atom is 0.143 e. The van der Waals surface area contributed by atoms with Gasteiger partial charge in [-0.05, 0) is 40.3 Å².